The normalized spacial score (nSPS) is 12.3. The first-order valence-corrected chi connectivity index (χ1v) is 6.21. The molecule has 4 nitrogen and oxygen atoms in total. The van der Waals surface area contributed by atoms with Crippen molar-refractivity contribution >= 4 is 23.2 Å². The molecule has 5 heteroatoms. The number of carbonyl (C=O) groups excluding carboxylic acids is 1. The van der Waals surface area contributed by atoms with E-state index in [1.165, 1.54) is 7.11 Å². The molecule has 0 fully saturated rings. The quantitative estimate of drug-likeness (QED) is 0.865. The number of ether oxygens (including phenoxy) is 1. The van der Waals surface area contributed by atoms with Crippen LogP contribution in [0.2, 0.25) is 5.02 Å². The smallest absolute Gasteiger partial charge is 0.241 e. The Bertz CT molecular complexity index is 421. The average Bonchev–Trinajstić information content (AvgIpc) is 2.30. The third kappa shape index (κ3) is 4.20. The van der Waals surface area contributed by atoms with E-state index in [-0.39, 0.29) is 5.91 Å². The van der Waals surface area contributed by atoms with Crippen molar-refractivity contribution in [1.82, 2.24) is 0 Å². The van der Waals surface area contributed by atoms with Crippen LogP contribution in [0.1, 0.15) is 20.3 Å². The predicted octanol–water partition coefficient (Wildman–Crippen LogP) is 2.66. The lowest BCUT2D eigenvalue weighted by Crippen LogP contribution is -2.36. The van der Waals surface area contributed by atoms with Crippen molar-refractivity contribution in [2.45, 2.75) is 26.3 Å². The second kappa shape index (κ2) is 6.61. The third-order valence-corrected chi connectivity index (χ3v) is 2.79. The van der Waals surface area contributed by atoms with Crippen molar-refractivity contribution in [2.24, 2.45) is 11.7 Å². The third-order valence-electron chi connectivity index (χ3n) is 2.48. The fraction of sp³-hybridized carbons (Fsp3) is 0.462. The first kappa shape index (κ1) is 14.8. The number of methoxy groups -OCH3 is 1. The summed E-state index contributed by atoms with van der Waals surface area (Å²) in [6.45, 7) is 4.05. The minimum Gasteiger partial charge on any atom is -0.495 e. The van der Waals surface area contributed by atoms with Crippen molar-refractivity contribution in [3.63, 3.8) is 0 Å². The van der Waals surface area contributed by atoms with Crippen LogP contribution in [-0.4, -0.2) is 19.1 Å². The summed E-state index contributed by atoms with van der Waals surface area (Å²) in [5.74, 6) is 0.700. The Morgan fingerprint density at radius 1 is 1.50 bits per heavy atom. The van der Waals surface area contributed by atoms with E-state index in [0.717, 1.165) is 0 Å². The Hall–Kier alpha value is -1.26. The van der Waals surface area contributed by atoms with Crippen LogP contribution < -0.4 is 15.8 Å². The van der Waals surface area contributed by atoms with Gasteiger partial charge in [0.1, 0.15) is 5.75 Å². The molecule has 100 valence electrons. The number of halogens is 1. The molecule has 0 unspecified atom stereocenters. The SMILES string of the molecule is COc1cc(NC(=O)[C@@H](N)CC(C)C)ccc1Cl. The molecule has 18 heavy (non-hydrogen) atoms. The van der Waals surface area contributed by atoms with Gasteiger partial charge in [0.05, 0.1) is 18.2 Å². The van der Waals surface area contributed by atoms with E-state index < -0.39 is 6.04 Å². The molecule has 0 aliphatic rings. The highest BCUT2D eigenvalue weighted by Gasteiger charge is 2.15. The van der Waals surface area contributed by atoms with E-state index in [1.807, 2.05) is 13.8 Å². The van der Waals surface area contributed by atoms with Gasteiger partial charge in [0.15, 0.2) is 0 Å². The molecule has 1 atom stereocenters. The van der Waals surface area contributed by atoms with Gasteiger partial charge in [-0.3, -0.25) is 4.79 Å². The summed E-state index contributed by atoms with van der Waals surface area (Å²) in [4.78, 5) is 11.8. The lowest BCUT2D eigenvalue weighted by atomic mass is 10.0. The van der Waals surface area contributed by atoms with Gasteiger partial charge in [0.25, 0.3) is 0 Å². The maximum absolute atomic E-state index is 11.8. The summed E-state index contributed by atoms with van der Waals surface area (Å²) in [7, 11) is 1.53. The summed E-state index contributed by atoms with van der Waals surface area (Å²) in [6, 6.07) is 4.55. The van der Waals surface area contributed by atoms with E-state index in [2.05, 4.69) is 5.32 Å². The number of benzene rings is 1. The number of hydrogen-bond donors (Lipinski definition) is 2. The zero-order valence-corrected chi connectivity index (χ0v) is 11.6. The molecule has 1 aromatic rings. The topological polar surface area (TPSA) is 64.3 Å². The maximum Gasteiger partial charge on any atom is 0.241 e. The Labute approximate surface area is 112 Å². The highest BCUT2D eigenvalue weighted by atomic mass is 35.5. The van der Waals surface area contributed by atoms with Crippen molar-refractivity contribution in [3.05, 3.63) is 23.2 Å². The Morgan fingerprint density at radius 2 is 2.17 bits per heavy atom. The molecule has 0 heterocycles. The van der Waals surface area contributed by atoms with Gasteiger partial charge < -0.3 is 15.8 Å². The number of nitrogens with two attached hydrogens (primary N) is 1. The van der Waals surface area contributed by atoms with E-state index in [9.17, 15) is 4.79 Å². The molecule has 0 aliphatic carbocycles. The number of nitrogens with one attached hydrogen (secondary N) is 1. The van der Waals surface area contributed by atoms with Gasteiger partial charge in [-0.1, -0.05) is 25.4 Å². The van der Waals surface area contributed by atoms with Crippen molar-refractivity contribution < 1.29 is 9.53 Å². The zero-order valence-electron chi connectivity index (χ0n) is 10.9. The zero-order chi connectivity index (χ0) is 13.7. The lowest BCUT2D eigenvalue weighted by molar-refractivity contribution is -0.117. The fourth-order valence-electron chi connectivity index (χ4n) is 1.59. The molecule has 1 aromatic carbocycles. The molecule has 1 amide bonds. The largest absolute Gasteiger partial charge is 0.495 e. The summed E-state index contributed by atoms with van der Waals surface area (Å²) in [5.41, 5.74) is 6.42. The fourth-order valence-corrected chi connectivity index (χ4v) is 1.78. The molecule has 0 radical (unpaired) electrons. The maximum atomic E-state index is 11.8. The van der Waals surface area contributed by atoms with E-state index in [0.29, 0.717) is 28.8 Å². The number of hydrogen-bond acceptors (Lipinski definition) is 3. The van der Waals surface area contributed by atoms with Crippen LogP contribution in [-0.2, 0) is 4.79 Å². The van der Waals surface area contributed by atoms with Crippen LogP contribution in [0, 0.1) is 5.92 Å². The first-order valence-electron chi connectivity index (χ1n) is 5.84. The van der Waals surface area contributed by atoms with Crippen LogP contribution in [0.15, 0.2) is 18.2 Å². The molecular weight excluding hydrogens is 252 g/mol. The van der Waals surface area contributed by atoms with E-state index >= 15 is 0 Å². The Kier molecular flexibility index (Phi) is 5.44. The number of rotatable bonds is 5. The van der Waals surface area contributed by atoms with Gasteiger partial charge in [0.2, 0.25) is 5.91 Å². The van der Waals surface area contributed by atoms with Gasteiger partial charge in [-0.05, 0) is 24.5 Å². The molecule has 1 rings (SSSR count). The number of anilines is 1. The van der Waals surface area contributed by atoms with Crippen molar-refractivity contribution in [3.8, 4) is 5.75 Å². The highest BCUT2D eigenvalue weighted by molar-refractivity contribution is 6.32. The molecular formula is C13H19ClN2O2. The molecule has 0 aromatic heterocycles. The second-order valence-corrected chi connectivity index (χ2v) is 4.98. The van der Waals surface area contributed by atoms with Gasteiger partial charge in [-0.2, -0.15) is 0 Å². The van der Waals surface area contributed by atoms with Crippen LogP contribution in [0.5, 0.6) is 5.75 Å². The monoisotopic (exact) mass is 270 g/mol. The predicted molar refractivity (Wildman–Crippen MR) is 74.1 cm³/mol. The molecule has 0 bridgehead atoms. The van der Waals surface area contributed by atoms with E-state index in [4.69, 9.17) is 22.1 Å². The first-order chi connectivity index (χ1) is 8.43. The molecule has 3 N–H and O–H groups in total. The van der Waals surface area contributed by atoms with Gasteiger partial charge in [0, 0.05) is 11.8 Å². The molecule has 0 saturated heterocycles. The standard InChI is InChI=1S/C13H19ClN2O2/c1-8(2)6-11(15)13(17)16-9-4-5-10(14)12(7-9)18-3/h4-5,7-8,11H,6,15H2,1-3H3,(H,16,17)/t11-/m0/s1. The second-order valence-electron chi connectivity index (χ2n) is 4.57. The van der Waals surface area contributed by atoms with Crippen molar-refractivity contribution in [1.29, 1.82) is 0 Å². The number of carbonyl (C=O) groups is 1. The molecule has 0 spiro atoms. The summed E-state index contributed by atoms with van der Waals surface area (Å²) < 4.78 is 5.08. The van der Waals surface area contributed by atoms with Gasteiger partial charge >= 0.3 is 0 Å². The van der Waals surface area contributed by atoms with Gasteiger partial charge in [-0.15, -0.1) is 0 Å². The molecule has 0 saturated carbocycles. The van der Waals surface area contributed by atoms with Crippen LogP contribution in [0.3, 0.4) is 0 Å². The highest BCUT2D eigenvalue weighted by Crippen LogP contribution is 2.27. The summed E-state index contributed by atoms with van der Waals surface area (Å²) >= 11 is 5.90. The minimum atomic E-state index is -0.508. The Balaban J connectivity index is 2.70. The Morgan fingerprint density at radius 3 is 2.72 bits per heavy atom. The van der Waals surface area contributed by atoms with Gasteiger partial charge in [-0.25, -0.2) is 0 Å². The summed E-state index contributed by atoms with van der Waals surface area (Å²) in [5, 5.41) is 3.25. The lowest BCUT2D eigenvalue weighted by Gasteiger charge is -2.14. The number of amides is 1. The molecule has 0 aliphatic heterocycles. The minimum absolute atomic E-state index is 0.201. The van der Waals surface area contributed by atoms with Crippen molar-refractivity contribution in [2.75, 3.05) is 12.4 Å². The van der Waals surface area contributed by atoms with Crippen LogP contribution in [0.25, 0.3) is 0 Å². The van der Waals surface area contributed by atoms with Crippen LogP contribution in [0.4, 0.5) is 5.69 Å². The summed E-state index contributed by atoms with van der Waals surface area (Å²) in [6.07, 6.45) is 0.649. The van der Waals surface area contributed by atoms with E-state index in [1.54, 1.807) is 18.2 Å². The van der Waals surface area contributed by atoms with Crippen LogP contribution >= 0.6 is 11.6 Å². The average molecular weight is 271 g/mol.